The van der Waals surface area contributed by atoms with Gasteiger partial charge in [0, 0.05) is 11.6 Å². The van der Waals surface area contributed by atoms with E-state index in [9.17, 15) is 10.1 Å². The molecule has 0 radical (unpaired) electrons. The predicted octanol–water partition coefficient (Wildman–Crippen LogP) is 3.00. The fourth-order valence-corrected chi connectivity index (χ4v) is 1.47. The van der Waals surface area contributed by atoms with Gasteiger partial charge in [0.25, 0.3) is 5.69 Å². The quantitative estimate of drug-likeness (QED) is 0.460. The first-order valence-electron chi connectivity index (χ1n) is 3.67. The van der Waals surface area contributed by atoms with Crippen LogP contribution in [0.15, 0.2) is 12.1 Å². The van der Waals surface area contributed by atoms with Gasteiger partial charge in [-0.05, 0) is 6.07 Å². The maximum Gasteiger partial charge on any atom is 0.275 e. The van der Waals surface area contributed by atoms with Crippen LogP contribution in [0.5, 0.6) is 5.75 Å². The van der Waals surface area contributed by atoms with E-state index in [-0.39, 0.29) is 16.6 Å². The molecule has 0 fully saturated rings. The second-order valence-corrected chi connectivity index (χ2v) is 3.18. The standard InChI is InChI=1S/C8H7Cl2NO3/c1-14-8-2-5(4-9)7(11(12)13)3-6(8)10/h2-3H,4H2,1H3. The van der Waals surface area contributed by atoms with Crippen LogP contribution in [0.2, 0.25) is 5.02 Å². The zero-order valence-electron chi connectivity index (χ0n) is 7.29. The summed E-state index contributed by atoms with van der Waals surface area (Å²) in [4.78, 5) is 10.1. The summed E-state index contributed by atoms with van der Waals surface area (Å²) >= 11 is 11.3. The van der Waals surface area contributed by atoms with Crippen molar-refractivity contribution in [2.45, 2.75) is 5.88 Å². The van der Waals surface area contributed by atoms with E-state index >= 15 is 0 Å². The lowest BCUT2D eigenvalue weighted by atomic mass is 10.2. The SMILES string of the molecule is COc1cc(CCl)c([N+](=O)[O-])cc1Cl. The van der Waals surface area contributed by atoms with Crippen molar-refractivity contribution >= 4 is 28.9 Å². The molecule has 1 aromatic carbocycles. The summed E-state index contributed by atoms with van der Waals surface area (Å²) in [5.74, 6) is 0.428. The molecule has 0 aromatic heterocycles. The number of ether oxygens (including phenoxy) is 1. The number of halogens is 2. The van der Waals surface area contributed by atoms with Gasteiger partial charge in [0.1, 0.15) is 5.75 Å². The molecule has 0 aliphatic rings. The van der Waals surface area contributed by atoms with Crippen LogP contribution in [0.4, 0.5) is 5.69 Å². The lowest BCUT2D eigenvalue weighted by molar-refractivity contribution is -0.385. The second-order valence-electron chi connectivity index (χ2n) is 2.51. The van der Waals surface area contributed by atoms with Crippen molar-refractivity contribution < 1.29 is 9.66 Å². The van der Waals surface area contributed by atoms with Gasteiger partial charge < -0.3 is 4.74 Å². The lowest BCUT2D eigenvalue weighted by Gasteiger charge is -2.05. The van der Waals surface area contributed by atoms with E-state index in [0.717, 1.165) is 0 Å². The van der Waals surface area contributed by atoms with Crippen LogP contribution < -0.4 is 4.74 Å². The summed E-state index contributed by atoms with van der Waals surface area (Å²) in [6, 6.07) is 2.70. The number of methoxy groups -OCH3 is 1. The van der Waals surface area contributed by atoms with E-state index in [0.29, 0.717) is 11.3 Å². The maximum absolute atomic E-state index is 10.6. The van der Waals surface area contributed by atoms with E-state index in [2.05, 4.69) is 0 Å². The third-order valence-corrected chi connectivity index (χ3v) is 2.28. The van der Waals surface area contributed by atoms with Crippen molar-refractivity contribution in [3.63, 3.8) is 0 Å². The van der Waals surface area contributed by atoms with Gasteiger partial charge in [-0.3, -0.25) is 10.1 Å². The van der Waals surface area contributed by atoms with Crippen LogP contribution in [-0.4, -0.2) is 12.0 Å². The average molecular weight is 236 g/mol. The molecule has 0 unspecified atom stereocenters. The topological polar surface area (TPSA) is 52.4 Å². The van der Waals surface area contributed by atoms with Gasteiger partial charge in [-0.25, -0.2) is 0 Å². The Bertz CT molecular complexity index is 368. The Balaban J connectivity index is 3.31. The molecule has 14 heavy (non-hydrogen) atoms. The van der Waals surface area contributed by atoms with Crippen LogP contribution >= 0.6 is 23.2 Å². The summed E-state index contributed by atoms with van der Waals surface area (Å²) in [6.07, 6.45) is 0. The number of nitrogens with zero attached hydrogens (tertiary/aromatic N) is 1. The van der Waals surface area contributed by atoms with Crippen molar-refractivity contribution in [3.8, 4) is 5.75 Å². The Hall–Kier alpha value is -1.00. The van der Waals surface area contributed by atoms with Gasteiger partial charge in [0.05, 0.1) is 22.9 Å². The summed E-state index contributed by atoms with van der Waals surface area (Å²) in [6.45, 7) is 0. The van der Waals surface area contributed by atoms with Crippen molar-refractivity contribution in [2.75, 3.05) is 7.11 Å². The first-order chi connectivity index (χ1) is 6.60. The third-order valence-electron chi connectivity index (χ3n) is 1.69. The van der Waals surface area contributed by atoms with Gasteiger partial charge in [-0.1, -0.05) is 11.6 Å². The van der Waals surface area contributed by atoms with Crippen LogP contribution in [0.1, 0.15) is 5.56 Å². The minimum atomic E-state index is -0.525. The smallest absolute Gasteiger partial charge is 0.275 e. The number of benzene rings is 1. The van der Waals surface area contributed by atoms with E-state index in [4.69, 9.17) is 27.9 Å². The van der Waals surface area contributed by atoms with Gasteiger partial charge in [0.15, 0.2) is 0 Å². The highest BCUT2D eigenvalue weighted by Gasteiger charge is 2.16. The summed E-state index contributed by atoms with van der Waals surface area (Å²) in [5, 5.41) is 10.8. The van der Waals surface area contributed by atoms with E-state index in [1.165, 1.54) is 19.2 Å². The molecule has 0 bridgehead atoms. The molecule has 6 heteroatoms. The monoisotopic (exact) mass is 235 g/mol. The number of nitro benzene ring substituents is 1. The molecule has 0 atom stereocenters. The van der Waals surface area contributed by atoms with Gasteiger partial charge in [-0.15, -0.1) is 11.6 Å². The third kappa shape index (κ3) is 2.08. The second kappa shape index (κ2) is 4.48. The average Bonchev–Trinajstić information content (AvgIpc) is 2.17. The molecule has 1 aromatic rings. The molecular formula is C8H7Cl2NO3. The normalized spacial score (nSPS) is 9.93. The largest absolute Gasteiger partial charge is 0.495 e. The summed E-state index contributed by atoms with van der Waals surface area (Å²) in [5.41, 5.74) is 0.295. The molecule has 0 saturated carbocycles. The fraction of sp³-hybridized carbons (Fsp3) is 0.250. The Morgan fingerprint density at radius 3 is 2.64 bits per heavy atom. The van der Waals surface area contributed by atoms with Crippen molar-refractivity contribution in [2.24, 2.45) is 0 Å². The molecule has 0 N–H and O–H groups in total. The Morgan fingerprint density at radius 2 is 2.21 bits per heavy atom. The summed E-state index contributed by atoms with van der Waals surface area (Å²) < 4.78 is 4.91. The molecule has 0 aliphatic carbocycles. The molecule has 4 nitrogen and oxygen atoms in total. The highest BCUT2D eigenvalue weighted by atomic mass is 35.5. The number of nitro groups is 1. The van der Waals surface area contributed by atoms with Crippen LogP contribution in [-0.2, 0) is 5.88 Å². The first kappa shape index (κ1) is 11.1. The van der Waals surface area contributed by atoms with Crippen molar-refractivity contribution in [1.82, 2.24) is 0 Å². The van der Waals surface area contributed by atoms with E-state index in [1.54, 1.807) is 0 Å². The maximum atomic E-state index is 10.6. The van der Waals surface area contributed by atoms with Crippen LogP contribution in [0.3, 0.4) is 0 Å². The molecule has 0 heterocycles. The van der Waals surface area contributed by atoms with Crippen molar-refractivity contribution in [3.05, 3.63) is 32.8 Å². The zero-order chi connectivity index (χ0) is 10.7. The molecule has 0 aliphatic heterocycles. The molecule has 76 valence electrons. The summed E-state index contributed by atoms with van der Waals surface area (Å²) in [7, 11) is 1.44. The first-order valence-corrected chi connectivity index (χ1v) is 4.58. The highest BCUT2D eigenvalue weighted by molar-refractivity contribution is 6.32. The minimum absolute atomic E-state index is 0.0455. The van der Waals surface area contributed by atoms with Crippen LogP contribution in [0, 0.1) is 10.1 Å². The molecular weight excluding hydrogens is 229 g/mol. The number of hydrogen-bond acceptors (Lipinski definition) is 3. The number of alkyl halides is 1. The van der Waals surface area contributed by atoms with Crippen LogP contribution in [0.25, 0.3) is 0 Å². The lowest BCUT2D eigenvalue weighted by Crippen LogP contribution is -1.95. The molecule has 1 rings (SSSR count). The Kier molecular flexibility index (Phi) is 3.55. The number of rotatable bonds is 3. The van der Waals surface area contributed by atoms with Gasteiger partial charge in [-0.2, -0.15) is 0 Å². The van der Waals surface area contributed by atoms with E-state index in [1.807, 2.05) is 0 Å². The Labute approximate surface area is 90.5 Å². The Morgan fingerprint density at radius 1 is 1.57 bits per heavy atom. The van der Waals surface area contributed by atoms with E-state index < -0.39 is 4.92 Å². The minimum Gasteiger partial charge on any atom is -0.495 e. The fourth-order valence-electron chi connectivity index (χ4n) is 1.02. The van der Waals surface area contributed by atoms with Gasteiger partial charge >= 0.3 is 0 Å². The molecule has 0 spiro atoms. The zero-order valence-corrected chi connectivity index (χ0v) is 8.80. The van der Waals surface area contributed by atoms with Gasteiger partial charge in [0.2, 0.25) is 0 Å². The predicted molar refractivity (Wildman–Crippen MR) is 54.2 cm³/mol. The molecule has 0 amide bonds. The highest BCUT2D eigenvalue weighted by Crippen LogP contribution is 2.32. The van der Waals surface area contributed by atoms with Crippen molar-refractivity contribution in [1.29, 1.82) is 0 Å². The molecule has 0 saturated heterocycles. The number of hydrogen-bond donors (Lipinski definition) is 0.